The summed E-state index contributed by atoms with van der Waals surface area (Å²) < 4.78 is 27.6. The van der Waals surface area contributed by atoms with E-state index in [1.807, 2.05) is 0 Å². The molecule has 3 aromatic carbocycles. The zero-order valence-corrected chi connectivity index (χ0v) is 19.7. The summed E-state index contributed by atoms with van der Waals surface area (Å²) in [6.45, 7) is 0.943. The third-order valence-corrected chi connectivity index (χ3v) is 7.16. The van der Waals surface area contributed by atoms with E-state index in [9.17, 15) is 23.3 Å². The molecule has 172 valence electrons. The second-order valence-electron chi connectivity index (χ2n) is 7.13. The summed E-state index contributed by atoms with van der Waals surface area (Å²) >= 11 is 12.2. The van der Waals surface area contributed by atoms with Crippen molar-refractivity contribution >= 4 is 50.5 Å². The zero-order chi connectivity index (χ0) is 24.2. The van der Waals surface area contributed by atoms with Crippen LogP contribution in [0.1, 0.15) is 11.1 Å². The number of nitrogens with zero attached hydrogens (tertiary/aromatic N) is 2. The lowest BCUT2D eigenvalue weighted by Crippen LogP contribution is -2.37. The van der Waals surface area contributed by atoms with Crippen molar-refractivity contribution in [2.75, 3.05) is 11.9 Å². The van der Waals surface area contributed by atoms with Crippen LogP contribution in [-0.4, -0.2) is 30.1 Å². The Bertz CT molecular complexity index is 1300. The van der Waals surface area contributed by atoms with Crippen molar-refractivity contribution in [3.63, 3.8) is 0 Å². The number of aryl methyl sites for hydroxylation is 1. The SMILES string of the molecule is Cc1ccc([N+](=O)[O-])cc1NC(=O)CN(Cc1ccc(Cl)cc1Cl)S(=O)(=O)c1ccccc1. The number of nitro benzene ring substituents is 1. The van der Waals surface area contributed by atoms with E-state index < -0.39 is 27.4 Å². The smallest absolute Gasteiger partial charge is 0.271 e. The maximum absolute atomic E-state index is 13.3. The summed E-state index contributed by atoms with van der Waals surface area (Å²) in [7, 11) is -4.07. The topological polar surface area (TPSA) is 110 Å². The number of amides is 1. The van der Waals surface area contributed by atoms with E-state index >= 15 is 0 Å². The number of carbonyl (C=O) groups is 1. The Balaban J connectivity index is 1.92. The molecule has 3 rings (SSSR count). The predicted molar refractivity (Wildman–Crippen MR) is 127 cm³/mol. The van der Waals surface area contributed by atoms with E-state index in [0.717, 1.165) is 4.31 Å². The number of hydrogen-bond donors (Lipinski definition) is 1. The Kier molecular flexibility index (Phi) is 7.70. The molecular formula is C22H19Cl2N3O5S. The van der Waals surface area contributed by atoms with Crippen molar-refractivity contribution in [1.82, 2.24) is 4.31 Å². The molecule has 0 aliphatic heterocycles. The fraction of sp³-hybridized carbons (Fsp3) is 0.136. The zero-order valence-electron chi connectivity index (χ0n) is 17.4. The molecular weight excluding hydrogens is 489 g/mol. The highest BCUT2D eigenvalue weighted by Crippen LogP contribution is 2.26. The van der Waals surface area contributed by atoms with Gasteiger partial charge in [-0.05, 0) is 42.3 Å². The number of nitro groups is 1. The quantitative estimate of drug-likeness (QED) is 0.339. The molecule has 0 unspecified atom stereocenters. The summed E-state index contributed by atoms with van der Waals surface area (Å²) in [5.74, 6) is -0.664. The first-order chi connectivity index (χ1) is 15.6. The number of carbonyl (C=O) groups excluding carboxylic acids is 1. The molecule has 0 aliphatic rings. The lowest BCUT2D eigenvalue weighted by Gasteiger charge is -2.23. The molecule has 0 spiro atoms. The van der Waals surface area contributed by atoms with Gasteiger partial charge in [0, 0.05) is 28.7 Å². The third-order valence-electron chi connectivity index (χ3n) is 4.77. The normalized spacial score (nSPS) is 11.4. The molecule has 0 heterocycles. The van der Waals surface area contributed by atoms with Crippen LogP contribution >= 0.6 is 23.2 Å². The van der Waals surface area contributed by atoms with Crippen LogP contribution in [0.15, 0.2) is 71.6 Å². The first kappa shape index (κ1) is 24.7. The average Bonchev–Trinajstić information content (AvgIpc) is 2.77. The molecule has 0 saturated heterocycles. The average molecular weight is 508 g/mol. The Morgan fingerprint density at radius 1 is 1.06 bits per heavy atom. The van der Waals surface area contributed by atoms with E-state index in [4.69, 9.17) is 23.2 Å². The van der Waals surface area contributed by atoms with Gasteiger partial charge in [-0.1, -0.05) is 53.5 Å². The maximum Gasteiger partial charge on any atom is 0.271 e. The third kappa shape index (κ3) is 6.08. The molecule has 3 aromatic rings. The van der Waals surface area contributed by atoms with Gasteiger partial charge in [-0.25, -0.2) is 8.42 Å². The van der Waals surface area contributed by atoms with Crippen LogP contribution in [0.2, 0.25) is 10.0 Å². The van der Waals surface area contributed by atoms with E-state index in [1.54, 1.807) is 37.3 Å². The molecule has 0 bridgehead atoms. The Morgan fingerprint density at radius 2 is 1.76 bits per heavy atom. The van der Waals surface area contributed by atoms with E-state index in [0.29, 0.717) is 16.1 Å². The second-order valence-corrected chi connectivity index (χ2v) is 9.91. The van der Waals surface area contributed by atoms with Crippen molar-refractivity contribution in [3.05, 3.63) is 98.0 Å². The van der Waals surface area contributed by atoms with Crippen LogP contribution in [0.5, 0.6) is 0 Å². The summed E-state index contributed by atoms with van der Waals surface area (Å²) in [4.78, 5) is 23.3. The second kappa shape index (κ2) is 10.3. The van der Waals surface area contributed by atoms with Crippen molar-refractivity contribution in [3.8, 4) is 0 Å². The fourth-order valence-corrected chi connectivity index (χ4v) is 4.88. The molecule has 0 aromatic heterocycles. The predicted octanol–water partition coefficient (Wildman–Crippen LogP) is 5.04. The van der Waals surface area contributed by atoms with E-state index in [1.165, 1.54) is 36.4 Å². The van der Waals surface area contributed by atoms with Crippen LogP contribution in [0, 0.1) is 17.0 Å². The molecule has 1 N–H and O–H groups in total. The van der Waals surface area contributed by atoms with E-state index in [2.05, 4.69) is 5.32 Å². The minimum Gasteiger partial charge on any atom is -0.324 e. The molecule has 33 heavy (non-hydrogen) atoms. The number of non-ortho nitro benzene ring substituents is 1. The number of anilines is 1. The van der Waals surface area contributed by atoms with Gasteiger partial charge in [-0.2, -0.15) is 4.31 Å². The van der Waals surface area contributed by atoms with Crippen LogP contribution in [0.3, 0.4) is 0 Å². The highest BCUT2D eigenvalue weighted by Gasteiger charge is 2.28. The summed E-state index contributed by atoms with van der Waals surface area (Å²) in [5.41, 5.74) is 1.07. The van der Waals surface area contributed by atoms with Crippen LogP contribution < -0.4 is 5.32 Å². The monoisotopic (exact) mass is 507 g/mol. The lowest BCUT2D eigenvalue weighted by molar-refractivity contribution is -0.384. The minimum atomic E-state index is -4.07. The Morgan fingerprint density at radius 3 is 2.39 bits per heavy atom. The number of hydrogen-bond acceptors (Lipinski definition) is 5. The molecule has 0 radical (unpaired) electrons. The van der Waals surface area contributed by atoms with Crippen molar-refractivity contribution < 1.29 is 18.1 Å². The molecule has 11 heteroatoms. The number of halogens is 2. The molecule has 8 nitrogen and oxygen atoms in total. The van der Waals surface area contributed by atoms with Gasteiger partial charge in [0.15, 0.2) is 0 Å². The van der Waals surface area contributed by atoms with Crippen LogP contribution in [0.25, 0.3) is 0 Å². The number of benzene rings is 3. The van der Waals surface area contributed by atoms with Gasteiger partial charge in [0.2, 0.25) is 15.9 Å². The first-order valence-electron chi connectivity index (χ1n) is 9.62. The highest BCUT2D eigenvalue weighted by atomic mass is 35.5. The van der Waals surface area contributed by atoms with Crippen LogP contribution in [-0.2, 0) is 21.4 Å². The lowest BCUT2D eigenvalue weighted by atomic mass is 10.2. The van der Waals surface area contributed by atoms with Crippen molar-refractivity contribution in [2.24, 2.45) is 0 Å². The summed E-state index contributed by atoms with van der Waals surface area (Å²) in [5, 5.41) is 14.3. The van der Waals surface area contributed by atoms with Crippen molar-refractivity contribution in [1.29, 1.82) is 0 Å². The van der Waals surface area contributed by atoms with Crippen molar-refractivity contribution in [2.45, 2.75) is 18.4 Å². The number of rotatable bonds is 8. The highest BCUT2D eigenvalue weighted by molar-refractivity contribution is 7.89. The first-order valence-corrected chi connectivity index (χ1v) is 11.8. The minimum absolute atomic E-state index is 0.00872. The van der Waals surface area contributed by atoms with Gasteiger partial charge >= 0.3 is 0 Å². The molecule has 0 atom stereocenters. The van der Waals surface area contributed by atoms with Gasteiger partial charge in [-0.3, -0.25) is 14.9 Å². The molecule has 0 aliphatic carbocycles. The van der Waals surface area contributed by atoms with Gasteiger partial charge in [0.05, 0.1) is 22.1 Å². The number of sulfonamides is 1. The largest absolute Gasteiger partial charge is 0.324 e. The fourth-order valence-electron chi connectivity index (χ4n) is 3.02. The Labute approximate surface area is 200 Å². The van der Waals surface area contributed by atoms with Gasteiger partial charge in [0.1, 0.15) is 0 Å². The molecule has 0 fully saturated rings. The Hall–Kier alpha value is -2.98. The van der Waals surface area contributed by atoms with Gasteiger partial charge in [0.25, 0.3) is 5.69 Å². The molecule has 0 saturated carbocycles. The number of nitrogens with one attached hydrogen (secondary N) is 1. The maximum atomic E-state index is 13.3. The summed E-state index contributed by atoms with van der Waals surface area (Å²) in [6.07, 6.45) is 0. The van der Waals surface area contributed by atoms with Gasteiger partial charge < -0.3 is 5.32 Å². The van der Waals surface area contributed by atoms with Crippen LogP contribution in [0.4, 0.5) is 11.4 Å². The standard InChI is InChI=1S/C22H19Cl2N3O5S/c1-15-7-10-18(27(29)30)12-21(15)25-22(28)14-26(13-16-8-9-17(23)11-20(16)24)33(31,32)19-5-3-2-4-6-19/h2-12H,13-14H2,1H3,(H,25,28). The summed E-state index contributed by atoms with van der Waals surface area (Å²) in [6, 6.07) is 16.4. The van der Waals surface area contributed by atoms with Gasteiger partial charge in [-0.15, -0.1) is 0 Å². The molecule has 1 amide bonds. The van der Waals surface area contributed by atoms with E-state index in [-0.39, 0.29) is 27.8 Å².